The molecule has 1 aliphatic carbocycles. The maximum Gasteiger partial charge on any atom is 0.259 e. The van der Waals surface area contributed by atoms with Gasteiger partial charge in [-0.15, -0.1) is 11.3 Å². The van der Waals surface area contributed by atoms with Crippen LogP contribution in [0.15, 0.2) is 23.0 Å². The van der Waals surface area contributed by atoms with E-state index in [4.69, 9.17) is 0 Å². The van der Waals surface area contributed by atoms with Gasteiger partial charge in [-0.25, -0.2) is 9.37 Å². The summed E-state index contributed by atoms with van der Waals surface area (Å²) in [4.78, 5) is 34.2. The zero-order valence-electron chi connectivity index (χ0n) is 16.1. The summed E-state index contributed by atoms with van der Waals surface area (Å²) in [5.74, 6) is 1.06. The number of rotatable bonds is 6. The van der Waals surface area contributed by atoms with Crippen molar-refractivity contribution in [1.29, 1.82) is 0 Å². The number of aromatic amines is 1. The van der Waals surface area contributed by atoms with Crippen molar-refractivity contribution in [2.45, 2.75) is 44.8 Å². The van der Waals surface area contributed by atoms with E-state index in [1.165, 1.54) is 34.7 Å². The van der Waals surface area contributed by atoms with Crippen LogP contribution in [0.25, 0.3) is 10.2 Å². The number of halogens is 1. The summed E-state index contributed by atoms with van der Waals surface area (Å²) in [5, 5.41) is 3.36. The van der Waals surface area contributed by atoms with E-state index in [2.05, 4.69) is 15.3 Å². The van der Waals surface area contributed by atoms with Crippen molar-refractivity contribution in [2.24, 2.45) is 0 Å². The molecular formula is C21H22FN3O2S2. The molecule has 2 heterocycles. The highest BCUT2D eigenvalue weighted by molar-refractivity contribution is 7.98. The van der Waals surface area contributed by atoms with Gasteiger partial charge in [0.15, 0.2) is 0 Å². The molecule has 0 spiro atoms. The quantitative estimate of drug-likeness (QED) is 0.561. The lowest BCUT2D eigenvalue weighted by atomic mass is 9.97. The smallest absolute Gasteiger partial charge is 0.259 e. The Morgan fingerprint density at radius 2 is 2.17 bits per heavy atom. The number of aryl methyl sites for hydroxylation is 3. The molecule has 2 aromatic heterocycles. The summed E-state index contributed by atoms with van der Waals surface area (Å²) < 4.78 is 13.8. The number of hydrogen-bond acceptors (Lipinski definition) is 5. The fourth-order valence-electron chi connectivity index (χ4n) is 3.54. The summed E-state index contributed by atoms with van der Waals surface area (Å²) in [7, 11) is 0. The number of hydrogen-bond donors (Lipinski definition) is 2. The van der Waals surface area contributed by atoms with Gasteiger partial charge in [0.1, 0.15) is 16.5 Å². The molecule has 0 fully saturated rings. The molecule has 4 rings (SSSR count). The second-order valence-corrected chi connectivity index (χ2v) is 9.43. The minimum atomic E-state index is -0.431. The fraction of sp³-hybridized carbons (Fsp3) is 0.381. The Morgan fingerprint density at radius 3 is 3.00 bits per heavy atom. The standard InChI is InChI=1S/C21H22FN3O2S2/c1-12-6-7-15(14(22)10-12)23-18(26)8-9-28-11-17-24-20(27)19-13-4-2-3-5-16(13)29-21(19)25-17/h6-7,10H,2-5,8-9,11H2,1H3,(H,23,26)(H,24,25,27). The van der Waals surface area contributed by atoms with Crippen LogP contribution in [0.5, 0.6) is 0 Å². The summed E-state index contributed by atoms with van der Waals surface area (Å²) in [6, 6.07) is 4.72. The van der Waals surface area contributed by atoms with Crippen LogP contribution < -0.4 is 10.9 Å². The Kier molecular flexibility index (Phi) is 6.01. The molecule has 0 aliphatic heterocycles. The van der Waals surface area contributed by atoms with Crippen LogP contribution in [0, 0.1) is 12.7 Å². The van der Waals surface area contributed by atoms with Gasteiger partial charge < -0.3 is 10.3 Å². The van der Waals surface area contributed by atoms with E-state index in [1.54, 1.807) is 30.4 Å². The van der Waals surface area contributed by atoms with E-state index >= 15 is 0 Å². The number of thioether (sulfide) groups is 1. The van der Waals surface area contributed by atoms with Crippen LogP contribution in [-0.4, -0.2) is 21.6 Å². The van der Waals surface area contributed by atoms with Crippen molar-refractivity contribution in [3.05, 3.63) is 56.2 Å². The third-order valence-electron chi connectivity index (χ3n) is 4.99. The number of fused-ring (bicyclic) bond motifs is 3. The zero-order valence-corrected chi connectivity index (χ0v) is 17.8. The lowest BCUT2D eigenvalue weighted by Crippen LogP contribution is -2.14. The molecule has 2 N–H and O–H groups in total. The number of thiophene rings is 1. The Bertz CT molecular complexity index is 1120. The number of amides is 1. The molecule has 1 aliphatic rings. The predicted octanol–water partition coefficient (Wildman–Crippen LogP) is 4.57. The molecule has 1 aromatic carbocycles. The van der Waals surface area contributed by atoms with E-state index in [-0.39, 0.29) is 23.6 Å². The number of H-pyrrole nitrogens is 1. The highest BCUT2D eigenvalue weighted by Crippen LogP contribution is 2.33. The van der Waals surface area contributed by atoms with Crippen molar-refractivity contribution < 1.29 is 9.18 Å². The first-order chi connectivity index (χ1) is 14.0. The van der Waals surface area contributed by atoms with Gasteiger partial charge in [0.25, 0.3) is 5.56 Å². The van der Waals surface area contributed by atoms with Crippen LogP contribution in [0.1, 0.15) is 41.1 Å². The van der Waals surface area contributed by atoms with Crippen molar-refractivity contribution in [3.63, 3.8) is 0 Å². The van der Waals surface area contributed by atoms with E-state index in [0.717, 1.165) is 35.0 Å². The maximum atomic E-state index is 13.8. The molecule has 152 valence electrons. The molecule has 8 heteroatoms. The second kappa shape index (κ2) is 8.67. The normalized spacial score (nSPS) is 13.4. The number of anilines is 1. The number of benzene rings is 1. The lowest BCUT2D eigenvalue weighted by molar-refractivity contribution is -0.115. The Morgan fingerprint density at radius 1 is 1.34 bits per heavy atom. The van der Waals surface area contributed by atoms with Crippen molar-refractivity contribution >= 4 is 44.9 Å². The molecule has 0 radical (unpaired) electrons. The van der Waals surface area contributed by atoms with Crippen molar-refractivity contribution in [1.82, 2.24) is 9.97 Å². The highest BCUT2D eigenvalue weighted by atomic mass is 32.2. The van der Waals surface area contributed by atoms with Crippen LogP contribution in [0.4, 0.5) is 10.1 Å². The summed E-state index contributed by atoms with van der Waals surface area (Å²) >= 11 is 3.16. The number of nitrogens with zero attached hydrogens (tertiary/aromatic N) is 1. The third-order valence-corrected chi connectivity index (χ3v) is 7.14. The van der Waals surface area contributed by atoms with Crippen LogP contribution in [-0.2, 0) is 23.4 Å². The number of carbonyl (C=O) groups excluding carboxylic acids is 1. The average Bonchev–Trinajstić information content (AvgIpc) is 3.06. The van der Waals surface area contributed by atoms with Crippen molar-refractivity contribution in [3.8, 4) is 0 Å². The van der Waals surface area contributed by atoms with Gasteiger partial charge in [-0.1, -0.05) is 6.07 Å². The van der Waals surface area contributed by atoms with Crippen molar-refractivity contribution in [2.75, 3.05) is 11.1 Å². The molecule has 0 saturated carbocycles. The Balaban J connectivity index is 1.33. The molecule has 3 aromatic rings. The van der Waals surface area contributed by atoms with Gasteiger partial charge in [-0.2, -0.15) is 11.8 Å². The summed E-state index contributed by atoms with van der Waals surface area (Å²) in [5.41, 5.74) is 2.13. The highest BCUT2D eigenvalue weighted by Gasteiger charge is 2.19. The third kappa shape index (κ3) is 4.53. The number of aromatic nitrogens is 2. The minimum Gasteiger partial charge on any atom is -0.324 e. The monoisotopic (exact) mass is 431 g/mol. The first kappa shape index (κ1) is 20.1. The van der Waals surface area contributed by atoms with Gasteiger partial charge in [0, 0.05) is 17.1 Å². The maximum absolute atomic E-state index is 13.8. The molecule has 29 heavy (non-hydrogen) atoms. The SMILES string of the molecule is Cc1ccc(NC(=O)CCSCc2nc3sc4c(c3c(=O)[nH]2)CCCC4)c(F)c1. The van der Waals surface area contributed by atoms with Gasteiger partial charge in [-0.3, -0.25) is 9.59 Å². The minimum absolute atomic E-state index is 0.0578. The summed E-state index contributed by atoms with van der Waals surface area (Å²) in [6.07, 6.45) is 4.57. The largest absolute Gasteiger partial charge is 0.324 e. The fourth-order valence-corrected chi connectivity index (χ4v) is 5.63. The van der Waals surface area contributed by atoms with Gasteiger partial charge in [-0.05, 0) is 55.9 Å². The Labute approximate surface area is 176 Å². The van der Waals surface area contributed by atoms with Crippen LogP contribution in [0.2, 0.25) is 0 Å². The molecular weight excluding hydrogens is 409 g/mol. The molecule has 0 atom stereocenters. The van der Waals surface area contributed by atoms with E-state index < -0.39 is 5.82 Å². The van der Waals surface area contributed by atoms with E-state index in [1.807, 2.05) is 0 Å². The van der Waals surface area contributed by atoms with E-state index in [9.17, 15) is 14.0 Å². The topological polar surface area (TPSA) is 74.8 Å². The van der Waals surface area contributed by atoms with Crippen LogP contribution in [0.3, 0.4) is 0 Å². The first-order valence-electron chi connectivity index (χ1n) is 9.68. The number of carbonyl (C=O) groups is 1. The number of nitrogens with one attached hydrogen (secondary N) is 2. The van der Waals surface area contributed by atoms with Gasteiger partial charge in [0.2, 0.25) is 5.91 Å². The van der Waals surface area contributed by atoms with E-state index in [0.29, 0.717) is 17.3 Å². The van der Waals surface area contributed by atoms with Gasteiger partial charge >= 0.3 is 0 Å². The molecule has 0 bridgehead atoms. The molecule has 0 saturated heterocycles. The first-order valence-corrected chi connectivity index (χ1v) is 11.7. The zero-order chi connectivity index (χ0) is 20.4. The molecule has 5 nitrogen and oxygen atoms in total. The van der Waals surface area contributed by atoms with Crippen LogP contribution >= 0.6 is 23.1 Å². The molecule has 0 unspecified atom stereocenters. The predicted molar refractivity (Wildman–Crippen MR) is 117 cm³/mol. The van der Waals surface area contributed by atoms with Gasteiger partial charge in [0.05, 0.1) is 16.8 Å². The average molecular weight is 432 g/mol. The lowest BCUT2D eigenvalue weighted by Gasteiger charge is -2.09. The molecule has 1 amide bonds. The second-order valence-electron chi connectivity index (χ2n) is 7.24. The summed E-state index contributed by atoms with van der Waals surface area (Å²) in [6.45, 7) is 1.80. The Hall–Kier alpha value is -2.19.